The minimum atomic E-state index is -0.953. The summed E-state index contributed by atoms with van der Waals surface area (Å²) in [6.45, 7) is 3.98. The van der Waals surface area contributed by atoms with E-state index in [9.17, 15) is 23.9 Å². The van der Waals surface area contributed by atoms with E-state index in [4.69, 9.17) is 4.74 Å². The van der Waals surface area contributed by atoms with E-state index in [0.29, 0.717) is 13.0 Å². The third-order valence-electron chi connectivity index (χ3n) is 6.17. The van der Waals surface area contributed by atoms with Crippen LogP contribution in [-0.2, 0) is 11.3 Å². The number of aromatic hydroxyl groups is 1. The maximum atomic E-state index is 13.9. The summed E-state index contributed by atoms with van der Waals surface area (Å²) in [6, 6.07) is 5.68. The van der Waals surface area contributed by atoms with Crippen LogP contribution in [0.4, 0.5) is 4.39 Å². The number of aromatic nitrogens is 1. The van der Waals surface area contributed by atoms with Crippen molar-refractivity contribution in [1.82, 2.24) is 14.9 Å². The van der Waals surface area contributed by atoms with Crippen LogP contribution in [-0.4, -0.2) is 58.5 Å². The average Bonchev–Trinajstić information content (AvgIpc) is 3.18. The number of rotatable bonds is 6. The Balaban J connectivity index is 1.75. The first-order valence-corrected chi connectivity index (χ1v) is 10.9. The highest BCUT2D eigenvalue weighted by atomic mass is 19.1. The predicted molar refractivity (Wildman–Crippen MR) is 118 cm³/mol. The van der Waals surface area contributed by atoms with Crippen molar-refractivity contribution >= 4 is 11.8 Å². The molecule has 1 fully saturated rings. The molecule has 1 saturated heterocycles. The molecule has 0 unspecified atom stereocenters. The first-order valence-electron chi connectivity index (χ1n) is 10.9. The number of amides is 2. The number of carbonyl (C=O) groups is 2. The van der Waals surface area contributed by atoms with Gasteiger partial charge in [0.05, 0.1) is 12.6 Å². The SMILES string of the molecule is COC[C@@H]1CC[C@H]2N(C(C)C)C(=O)c3c(O)c(=O)c(C(=O)NCc4ccccc4F)cn3N12. The lowest BCUT2D eigenvalue weighted by molar-refractivity contribution is 0.0491. The molecule has 0 radical (unpaired) electrons. The van der Waals surface area contributed by atoms with E-state index in [1.54, 1.807) is 18.1 Å². The van der Waals surface area contributed by atoms with Gasteiger partial charge in [-0.15, -0.1) is 0 Å². The second kappa shape index (κ2) is 8.86. The molecule has 0 spiro atoms. The number of halogens is 1. The number of nitrogens with one attached hydrogen (secondary N) is 1. The second-order valence-electron chi connectivity index (χ2n) is 8.54. The molecule has 0 aliphatic carbocycles. The standard InChI is InChI=1S/C23H27FN4O5/c1-13(2)27-18-9-8-15(12-33-3)28(18)26-11-16(20(29)21(30)19(26)23(27)32)22(31)25-10-14-6-4-5-7-17(14)24/h4-7,11,13,15,18,30H,8-10,12H2,1-3H3,(H,25,31)/t15-,18-/m0/s1. The van der Waals surface area contributed by atoms with E-state index >= 15 is 0 Å². The lowest BCUT2D eigenvalue weighted by Crippen LogP contribution is -2.63. The van der Waals surface area contributed by atoms with Gasteiger partial charge < -0.3 is 20.1 Å². The van der Waals surface area contributed by atoms with Gasteiger partial charge in [0.25, 0.3) is 11.8 Å². The molecule has 33 heavy (non-hydrogen) atoms. The molecule has 4 rings (SSSR count). The van der Waals surface area contributed by atoms with Crippen LogP contribution >= 0.6 is 0 Å². The van der Waals surface area contributed by atoms with Crippen LogP contribution in [0.25, 0.3) is 0 Å². The number of nitrogens with zero attached hydrogens (tertiary/aromatic N) is 3. The van der Waals surface area contributed by atoms with Gasteiger partial charge in [-0.1, -0.05) is 18.2 Å². The number of hydrogen-bond acceptors (Lipinski definition) is 6. The highest BCUT2D eigenvalue weighted by Crippen LogP contribution is 2.34. The van der Waals surface area contributed by atoms with Gasteiger partial charge in [-0.3, -0.25) is 24.1 Å². The lowest BCUT2D eigenvalue weighted by atomic mass is 10.1. The van der Waals surface area contributed by atoms with Gasteiger partial charge in [0.1, 0.15) is 17.5 Å². The predicted octanol–water partition coefficient (Wildman–Crippen LogP) is 1.56. The summed E-state index contributed by atoms with van der Waals surface area (Å²) in [5.41, 5.74) is -1.21. The first kappa shape index (κ1) is 22.8. The van der Waals surface area contributed by atoms with Crippen LogP contribution in [0.15, 0.2) is 35.3 Å². The Morgan fingerprint density at radius 1 is 1.27 bits per heavy atom. The summed E-state index contributed by atoms with van der Waals surface area (Å²) < 4.78 is 20.7. The summed E-state index contributed by atoms with van der Waals surface area (Å²) in [4.78, 5) is 40.6. The zero-order chi connectivity index (χ0) is 23.9. The normalized spacial score (nSPS) is 19.6. The Kier molecular flexibility index (Phi) is 6.11. The minimum Gasteiger partial charge on any atom is -0.502 e. The Hall–Kier alpha value is -3.40. The van der Waals surface area contributed by atoms with E-state index < -0.39 is 28.8 Å². The number of carbonyl (C=O) groups excluding carboxylic acids is 2. The molecule has 2 aliphatic rings. The number of ether oxygens (including phenoxy) is 1. The van der Waals surface area contributed by atoms with Crippen LogP contribution in [0.5, 0.6) is 5.75 Å². The average molecular weight is 458 g/mol. The zero-order valence-corrected chi connectivity index (χ0v) is 18.7. The van der Waals surface area contributed by atoms with Gasteiger partial charge in [0.2, 0.25) is 5.43 Å². The van der Waals surface area contributed by atoms with Crippen molar-refractivity contribution in [2.24, 2.45) is 0 Å². The topological polar surface area (TPSA) is 104 Å². The number of pyridine rings is 1. The quantitative estimate of drug-likeness (QED) is 0.681. The largest absolute Gasteiger partial charge is 0.502 e. The number of hydrogen-bond donors (Lipinski definition) is 2. The monoisotopic (exact) mass is 458 g/mol. The Morgan fingerprint density at radius 3 is 2.67 bits per heavy atom. The minimum absolute atomic E-state index is 0.121. The number of methoxy groups -OCH3 is 1. The Labute approximate surface area is 190 Å². The molecule has 2 N–H and O–H groups in total. The van der Waals surface area contributed by atoms with Gasteiger partial charge in [-0.2, -0.15) is 0 Å². The molecule has 1 aromatic heterocycles. The Bertz CT molecular complexity index is 1150. The van der Waals surface area contributed by atoms with Gasteiger partial charge >= 0.3 is 0 Å². The fourth-order valence-electron chi connectivity index (χ4n) is 4.67. The van der Waals surface area contributed by atoms with Crippen molar-refractivity contribution in [3.05, 3.63) is 63.3 Å². The maximum Gasteiger partial charge on any atom is 0.278 e. The molecule has 2 amide bonds. The summed E-state index contributed by atoms with van der Waals surface area (Å²) in [7, 11) is 1.58. The fraction of sp³-hybridized carbons (Fsp3) is 0.435. The van der Waals surface area contributed by atoms with E-state index in [1.165, 1.54) is 29.1 Å². The molecule has 0 saturated carbocycles. The lowest BCUT2D eigenvalue weighted by Gasteiger charge is -2.46. The summed E-state index contributed by atoms with van der Waals surface area (Å²) in [5.74, 6) is -2.51. The molecule has 10 heteroatoms. The van der Waals surface area contributed by atoms with Crippen LogP contribution in [0.1, 0.15) is 53.1 Å². The van der Waals surface area contributed by atoms with Gasteiger partial charge in [0, 0.05) is 31.5 Å². The van der Waals surface area contributed by atoms with Crippen molar-refractivity contribution in [2.75, 3.05) is 18.7 Å². The summed E-state index contributed by atoms with van der Waals surface area (Å²) in [6.07, 6.45) is 2.39. The van der Waals surface area contributed by atoms with E-state index in [2.05, 4.69) is 5.32 Å². The van der Waals surface area contributed by atoms with Crippen molar-refractivity contribution < 1.29 is 23.8 Å². The fourth-order valence-corrected chi connectivity index (χ4v) is 4.67. The molecule has 2 aliphatic heterocycles. The maximum absolute atomic E-state index is 13.9. The highest BCUT2D eigenvalue weighted by molar-refractivity contribution is 5.99. The van der Waals surface area contributed by atoms with E-state index in [0.717, 1.165) is 6.42 Å². The molecule has 9 nitrogen and oxygen atoms in total. The van der Waals surface area contributed by atoms with E-state index in [1.807, 2.05) is 18.9 Å². The first-order chi connectivity index (χ1) is 15.8. The Morgan fingerprint density at radius 2 is 2.00 bits per heavy atom. The summed E-state index contributed by atoms with van der Waals surface area (Å²) in [5, 5.41) is 15.1. The third kappa shape index (κ3) is 3.84. The number of fused-ring (bicyclic) bond motifs is 3. The molecule has 2 atom stereocenters. The van der Waals surface area contributed by atoms with Crippen molar-refractivity contribution in [3.8, 4) is 5.75 Å². The highest BCUT2D eigenvalue weighted by Gasteiger charge is 2.47. The van der Waals surface area contributed by atoms with Gasteiger partial charge in [-0.25, -0.2) is 4.39 Å². The molecule has 1 aromatic carbocycles. The van der Waals surface area contributed by atoms with Gasteiger partial charge in [0.15, 0.2) is 11.4 Å². The number of benzene rings is 1. The molecule has 3 heterocycles. The van der Waals surface area contributed by atoms with Crippen LogP contribution in [0, 0.1) is 5.82 Å². The molecular weight excluding hydrogens is 431 g/mol. The van der Waals surface area contributed by atoms with Crippen molar-refractivity contribution in [2.45, 2.75) is 51.5 Å². The van der Waals surface area contributed by atoms with Crippen molar-refractivity contribution in [3.63, 3.8) is 0 Å². The smallest absolute Gasteiger partial charge is 0.278 e. The van der Waals surface area contributed by atoms with Crippen LogP contribution in [0.3, 0.4) is 0 Å². The van der Waals surface area contributed by atoms with Crippen molar-refractivity contribution in [1.29, 1.82) is 0 Å². The summed E-state index contributed by atoms with van der Waals surface area (Å²) >= 11 is 0. The van der Waals surface area contributed by atoms with Gasteiger partial charge in [-0.05, 0) is 32.8 Å². The third-order valence-corrected chi connectivity index (χ3v) is 6.17. The zero-order valence-electron chi connectivity index (χ0n) is 18.7. The molecule has 2 aromatic rings. The second-order valence-corrected chi connectivity index (χ2v) is 8.54. The molecule has 176 valence electrons. The van der Waals surface area contributed by atoms with Crippen LogP contribution in [0.2, 0.25) is 0 Å². The van der Waals surface area contributed by atoms with E-state index in [-0.39, 0.29) is 41.6 Å². The van der Waals surface area contributed by atoms with Crippen LogP contribution < -0.4 is 15.8 Å². The molecule has 0 bridgehead atoms. The molecular formula is C23H27FN4O5.